The molecular weight excluding hydrogens is 276 g/mol. The van der Waals surface area contributed by atoms with Crippen LogP contribution in [0.3, 0.4) is 0 Å². The van der Waals surface area contributed by atoms with Gasteiger partial charge in [-0.1, -0.05) is 0 Å². The summed E-state index contributed by atoms with van der Waals surface area (Å²) in [7, 11) is 4.06. The Morgan fingerprint density at radius 1 is 1.37 bits per heavy atom. The van der Waals surface area contributed by atoms with E-state index in [4.69, 9.17) is 0 Å². The number of carbonyl (C=O) groups is 1. The van der Waals surface area contributed by atoms with E-state index in [0.29, 0.717) is 6.54 Å². The predicted octanol–water partition coefficient (Wildman–Crippen LogP) is 3.15. The van der Waals surface area contributed by atoms with Crippen molar-refractivity contribution in [2.24, 2.45) is 0 Å². The van der Waals surface area contributed by atoms with Gasteiger partial charge in [0, 0.05) is 11.4 Å². The zero-order valence-electron chi connectivity index (χ0n) is 11.3. The van der Waals surface area contributed by atoms with Gasteiger partial charge >= 0.3 is 0 Å². The molecule has 2 rings (SSSR count). The topological polar surface area (TPSA) is 32.3 Å². The summed E-state index contributed by atoms with van der Waals surface area (Å²) < 4.78 is 0. The second-order valence-electron chi connectivity index (χ2n) is 4.66. The van der Waals surface area contributed by atoms with Crippen LogP contribution in [-0.2, 0) is 0 Å². The van der Waals surface area contributed by atoms with Gasteiger partial charge in [0.15, 0.2) is 0 Å². The normalized spacial score (nSPS) is 12.6. The number of nitrogens with one attached hydrogen (secondary N) is 1. The van der Waals surface area contributed by atoms with Crippen LogP contribution in [0.15, 0.2) is 29.0 Å². The molecule has 0 aliphatic heterocycles. The number of aryl methyl sites for hydroxylation is 1. The van der Waals surface area contributed by atoms with Gasteiger partial charge in [-0.15, -0.1) is 11.3 Å². The molecule has 0 bridgehead atoms. The van der Waals surface area contributed by atoms with E-state index in [0.717, 1.165) is 9.75 Å². The highest BCUT2D eigenvalue weighted by atomic mass is 32.1. The van der Waals surface area contributed by atoms with Crippen LogP contribution < -0.4 is 5.32 Å². The number of hydrogen-bond acceptors (Lipinski definition) is 4. The number of rotatable bonds is 5. The average Bonchev–Trinajstić information content (AvgIpc) is 3.00. The number of likely N-dealkylation sites (N-methyl/N-ethyl adjacent to an activating group) is 1. The summed E-state index contributed by atoms with van der Waals surface area (Å²) in [6.07, 6.45) is 0. The third kappa shape index (κ3) is 3.65. The van der Waals surface area contributed by atoms with Crippen LogP contribution in [0, 0.1) is 6.92 Å². The quantitative estimate of drug-likeness (QED) is 0.919. The van der Waals surface area contributed by atoms with Crippen molar-refractivity contribution in [2.75, 3.05) is 20.6 Å². The largest absolute Gasteiger partial charge is 0.349 e. The van der Waals surface area contributed by atoms with Crippen molar-refractivity contribution in [3.63, 3.8) is 0 Å². The molecule has 1 N–H and O–H groups in total. The Labute approximate surface area is 121 Å². The monoisotopic (exact) mass is 294 g/mol. The van der Waals surface area contributed by atoms with Crippen molar-refractivity contribution in [3.05, 3.63) is 44.3 Å². The molecule has 0 radical (unpaired) electrons. The Bertz CT molecular complexity index is 531. The van der Waals surface area contributed by atoms with Crippen molar-refractivity contribution in [3.8, 4) is 0 Å². The molecule has 0 aliphatic carbocycles. The maximum atomic E-state index is 12.0. The molecular formula is C14H18N2OS2. The van der Waals surface area contributed by atoms with Crippen molar-refractivity contribution >= 4 is 28.6 Å². The lowest BCUT2D eigenvalue weighted by atomic mass is 10.1. The first-order valence-electron chi connectivity index (χ1n) is 6.11. The van der Waals surface area contributed by atoms with E-state index in [9.17, 15) is 4.79 Å². The molecule has 0 saturated carbocycles. The second kappa shape index (κ2) is 6.32. The zero-order chi connectivity index (χ0) is 13.8. The van der Waals surface area contributed by atoms with E-state index in [1.165, 1.54) is 16.9 Å². The Kier molecular flexibility index (Phi) is 4.74. The molecule has 2 aromatic rings. The van der Waals surface area contributed by atoms with Crippen LogP contribution in [0.2, 0.25) is 0 Å². The maximum Gasteiger partial charge on any atom is 0.261 e. The van der Waals surface area contributed by atoms with Crippen molar-refractivity contribution < 1.29 is 4.79 Å². The number of thiophene rings is 2. The van der Waals surface area contributed by atoms with Crippen LogP contribution >= 0.6 is 22.7 Å². The van der Waals surface area contributed by atoms with E-state index in [1.54, 1.807) is 11.3 Å². The number of amides is 1. The molecule has 5 heteroatoms. The van der Waals surface area contributed by atoms with Crippen molar-refractivity contribution in [2.45, 2.75) is 13.0 Å². The van der Waals surface area contributed by atoms with Gasteiger partial charge in [0.1, 0.15) is 0 Å². The minimum absolute atomic E-state index is 0.0141. The molecule has 3 nitrogen and oxygen atoms in total. The molecule has 19 heavy (non-hydrogen) atoms. The van der Waals surface area contributed by atoms with E-state index in [1.807, 2.05) is 33.2 Å². The molecule has 102 valence electrons. The molecule has 1 amide bonds. The fourth-order valence-electron chi connectivity index (χ4n) is 1.90. The maximum absolute atomic E-state index is 12.0. The van der Waals surface area contributed by atoms with E-state index < -0.39 is 0 Å². The van der Waals surface area contributed by atoms with Crippen molar-refractivity contribution in [1.82, 2.24) is 10.2 Å². The van der Waals surface area contributed by atoms with Crippen LogP contribution in [-0.4, -0.2) is 31.4 Å². The lowest BCUT2D eigenvalue weighted by molar-refractivity contribution is 0.0946. The zero-order valence-corrected chi connectivity index (χ0v) is 13.0. The molecule has 0 saturated heterocycles. The molecule has 0 unspecified atom stereocenters. The first-order valence-corrected chi connectivity index (χ1v) is 7.87. The van der Waals surface area contributed by atoms with Gasteiger partial charge in [-0.2, -0.15) is 11.3 Å². The Morgan fingerprint density at radius 2 is 2.16 bits per heavy atom. The highest BCUT2D eigenvalue weighted by Crippen LogP contribution is 2.20. The number of nitrogens with zero attached hydrogens (tertiary/aromatic N) is 1. The van der Waals surface area contributed by atoms with E-state index in [-0.39, 0.29) is 11.9 Å². The minimum Gasteiger partial charge on any atom is -0.349 e. The molecule has 0 fully saturated rings. The lowest BCUT2D eigenvalue weighted by Gasteiger charge is -2.23. The van der Waals surface area contributed by atoms with Crippen LogP contribution in [0.25, 0.3) is 0 Å². The van der Waals surface area contributed by atoms with Gasteiger partial charge in [0.05, 0.1) is 10.9 Å². The smallest absolute Gasteiger partial charge is 0.261 e. The lowest BCUT2D eigenvalue weighted by Crippen LogP contribution is -2.34. The summed E-state index contributed by atoms with van der Waals surface area (Å²) in [6.45, 7) is 2.63. The molecule has 0 aliphatic rings. The third-order valence-corrected chi connectivity index (χ3v) is 4.67. The van der Waals surface area contributed by atoms with Crippen LogP contribution in [0.1, 0.15) is 26.2 Å². The summed E-state index contributed by atoms with van der Waals surface area (Å²) in [5.41, 5.74) is 1.25. The summed E-state index contributed by atoms with van der Waals surface area (Å²) in [6, 6.07) is 6.18. The Balaban J connectivity index is 1.98. The first kappa shape index (κ1) is 14.2. The minimum atomic E-state index is 0.0141. The standard InChI is InChI=1S/C14H18N2OS2/c1-10-4-5-13(19-10)14(17)15-8-12(16(2)3)11-6-7-18-9-11/h4-7,9,12H,8H2,1-3H3,(H,15,17)/t12-/m0/s1. The summed E-state index contributed by atoms with van der Waals surface area (Å²) in [5, 5.41) is 7.21. The SMILES string of the molecule is Cc1ccc(C(=O)NC[C@@H](c2ccsc2)N(C)C)s1. The first-order chi connectivity index (χ1) is 9.08. The second-order valence-corrected chi connectivity index (χ2v) is 6.72. The van der Waals surface area contributed by atoms with Gasteiger partial charge in [0.25, 0.3) is 5.91 Å². The van der Waals surface area contributed by atoms with Gasteiger partial charge in [-0.05, 0) is 55.5 Å². The number of carbonyl (C=O) groups excluding carboxylic acids is 1. The van der Waals surface area contributed by atoms with E-state index >= 15 is 0 Å². The van der Waals surface area contributed by atoms with Gasteiger partial charge in [-0.3, -0.25) is 4.79 Å². The van der Waals surface area contributed by atoms with Crippen LogP contribution in [0.5, 0.6) is 0 Å². The summed E-state index contributed by atoms with van der Waals surface area (Å²) in [5.74, 6) is 0.0141. The van der Waals surface area contributed by atoms with Gasteiger partial charge < -0.3 is 10.2 Å². The summed E-state index contributed by atoms with van der Waals surface area (Å²) >= 11 is 3.21. The third-order valence-electron chi connectivity index (χ3n) is 2.97. The van der Waals surface area contributed by atoms with E-state index in [2.05, 4.69) is 27.0 Å². The average molecular weight is 294 g/mol. The van der Waals surface area contributed by atoms with Crippen molar-refractivity contribution in [1.29, 1.82) is 0 Å². The number of hydrogen-bond donors (Lipinski definition) is 1. The molecule has 2 heterocycles. The molecule has 1 atom stereocenters. The molecule has 0 aromatic carbocycles. The molecule has 2 aromatic heterocycles. The highest BCUT2D eigenvalue weighted by Gasteiger charge is 2.16. The Hall–Kier alpha value is -1.17. The summed E-state index contributed by atoms with van der Waals surface area (Å²) in [4.78, 5) is 16.1. The Morgan fingerprint density at radius 3 is 2.68 bits per heavy atom. The van der Waals surface area contributed by atoms with Gasteiger partial charge in [0.2, 0.25) is 0 Å². The molecule has 0 spiro atoms. The van der Waals surface area contributed by atoms with Crippen LogP contribution in [0.4, 0.5) is 0 Å². The highest BCUT2D eigenvalue weighted by molar-refractivity contribution is 7.13. The van der Waals surface area contributed by atoms with Gasteiger partial charge in [-0.25, -0.2) is 0 Å². The fourth-order valence-corrected chi connectivity index (χ4v) is 3.39. The predicted molar refractivity (Wildman–Crippen MR) is 82.1 cm³/mol. The fraction of sp³-hybridized carbons (Fsp3) is 0.357.